The number of rotatable bonds is 4. The Bertz CT molecular complexity index is 649. The molecule has 0 bridgehead atoms. The topological polar surface area (TPSA) is 54.5 Å². The molecule has 2 aromatic rings. The van der Waals surface area contributed by atoms with Crippen molar-refractivity contribution in [3.05, 3.63) is 48.2 Å². The van der Waals surface area contributed by atoms with Crippen LogP contribution in [0.3, 0.4) is 0 Å². The number of ether oxygens (including phenoxy) is 1. The molecule has 1 aromatic carbocycles. The number of anilines is 2. The van der Waals surface area contributed by atoms with Gasteiger partial charge in [0.25, 0.3) is 5.91 Å². The number of pyridine rings is 1. The maximum atomic E-state index is 12.3. The number of carbonyl (C=O) groups excluding carboxylic acids is 1. The second kappa shape index (κ2) is 6.47. The third-order valence-electron chi connectivity index (χ3n) is 3.81. The molecule has 0 unspecified atom stereocenters. The summed E-state index contributed by atoms with van der Waals surface area (Å²) < 4.78 is 5.20. The van der Waals surface area contributed by atoms with E-state index in [0.717, 1.165) is 18.8 Å². The number of carbonyl (C=O) groups is 1. The van der Waals surface area contributed by atoms with Crippen LogP contribution in [0.25, 0.3) is 0 Å². The van der Waals surface area contributed by atoms with Crippen LogP contribution in [0.5, 0.6) is 5.75 Å². The van der Waals surface area contributed by atoms with Gasteiger partial charge in [0, 0.05) is 13.1 Å². The number of nitrogens with one attached hydrogen (secondary N) is 1. The zero-order chi connectivity index (χ0) is 15.4. The van der Waals surface area contributed by atoms with Gasteiger partial charge in [0.2, 0.25) is 0 Å². The standard InChI is InChI=1S/C17H19N3O2/c1-22-15-7-3-2-6-14(15)17(21)19-16-9-8-13(12-18-16)20-10-4-5-11-20/h2-3,6-9,12H,4-5,10-11H2,1H3,(H,18,19,21). The van der Waals surface area contributed by atoms with Gasteiger partial charge < -0.3 is 15.0 Å². The van der Waals surface area contributed by atoms with Gasteiger partial charge in [-0.2, -0.15) is 0 Å². The highest BCUT2D eigenvalue weighted by Crippen LogP contribution is 2.21. The second-order valence-corrected chi connectivity index (χ2v) is 5.25. The normalized spacial score (nSPS) is 14.0. The number of nitrogens with zero attached hydrogens (tertiary/aromatic N) is 2. The molecular weight excluding hydrogens is 278 g/mol. The average molecular weight is 297 g/mol. The number of hydrogen-bond donors (Lipinski definition) is 1. The monoisotopic (exact) mass is 297 g/mol. The van der Waals surface area contributed by atoms with Gasteiger partial charge in [-0.3, -0.25) is 4.79 Å². The van der Waals surface area contributed by atoms with Crippen molar-refractivity contribution in [2.45, 2.75) is 12.8 Å². The molecule has 1 aliphatic heterocycles. The van der Waals surface area contributed by atoms with Gasteiger partial charge in [0.1, 0.15) is 11.6 Å². The first-order valence-electron chi connectivity index (χ1n) is 7.43. The van der Waals surface area contributed by atoms with Crippen LogP contribution in [0.2, 0.25) is 0 Å². The molecule has 1 aromatic heterocycles. The predicted octanol–water partition coefficient (Wildman–Crippen LogP) is 2.94. The number of para-hydroxylation sites is 1. The van der Waals surface area contributed by atoms with E-state index in [9.17, 15) is 4.79 Å². The van der Waals surface area contributed by atoms with Crippen molar-refractivity contribution in [3.8, 4) is 5.75 Å². The largest absolute Gasteiger partial charge is 0.496 e. The molecule has 5 nitrogen and oxygen atoms in total. The molecule has 1 saturated heterocycles. The first-order chi connectivity index (χ1) is 10.8. The Morgan fingerprint density at radius 3 is 2.64 bits per heavy atom. The quantitative estimate of drug-likeness (QED) is 0.942. The van der Waals surface area contributed by atoms with Crippen LogP contribution in [0, 0.1) is 0 Å². The fraction of sp³-hybridized carbons (Fsp3) is 0.294. The molecule has 0 radical (unpaired) electrons. The fourth-order valence-electron chi connectivity index (χ4n) is 2.64. The number of amides is 1. The maximum Gasteiger partial charge on any atom is 0.260 e. The van der Waals surface area contributed by atoms with Gasteiger partial charge in [-0.05, 0) is 37.1 Å². The van der Waals surface area contributed by atoms with E-state index in [0.29, 0.717) is 17.1 Å². The van der Waals surface area contributed by atoms with Crippen LogP contribution in [0.4, 0.5) is 11.5 Å². The van der Waals surface area contributed by atoms with E-state index in [1.165, 1.54) is 12.8 Å². The number of methoxy groups -OCH3 is 1. The van der Waals surface area contributed by atoms with Crippen LogP contribution in [0.1, 0.15) is 23.2 Å². The van der Waals surface area contributed by atoms with Crippen molar-refractivity contribution in [3.63, 3.8) is 0 Å². The highest BCUT2D eigenvalue weighted by molar-refractivity contribution is 6.05. The molecule has 1 fully saturated rings. The summed E-state index contributed by atoms with van der Waals surface area (Å²) >= 11 is 0. The molecule has 3 rings (SSSR count). The van der Waals surface area contributed by atoms with Crippen LogP contribution >= 0.6 is 0 Å². The minimum Gasteiger partial charge on any atom is -0.496 e. The second-order valence-electron chi connectivity index (χ2n) is 5.25. The highest BCUT2D eigenvalue weighted by Gasteiger charge is 2.14. The summed E-state index contributed by atoms with van der Waals surface area (Å²) in [6, 6.07) is 11.0. The molecule has 0 aliphatic carbocycles. The molecule has 114 valence electrons. The summed E-state index contributed by atoms with van der Waals surface area (Å²) in [6.07, 6.45) is 4.27. The lowest BCUT2D eigenvalue weighted by molar-refractivity contribution is 0.102. The first kappa shape index (κ1) is 14.4. The fourth-order valence-corrected chi connectivity index (χ4v) is 2.64. The van der Waals surface area contributed by atoms with Crippen molar-refractivity contribution in [1.29, 1.82) is 0 Å². The Hall–Kier alpha value is -2.56. The molecule has 0 atom stereocenters. The van der Waals surface area contributed by atoms with Crippen LogP contribution < -0.4 is 15.0 Å². The summed E-state index contributed by atoms with van der Waals surface area (Å²) in [7, 11) is 1.55. The van der Waals surface area contributed by atoms with Crippen LogP contribution in [-0.4, -0.2) is 31.1 Å². The Balaban J connectivity index is 1.71. The molecule has 2 heterocycles. The molecule has 0 saturated carbocycles. The molecule has 1 aliphatic rings. The van der Waals surface area contributed by atoms with E-state index in [-0.39, 0.29) is 5.91 Å². The van der Waals surface area contributed by atoms with Gasteiger partial charge >= 0.3 is 0 Å². The molecular formula is C17H19N3O2. The smallest absolute Gasteiger partial charge is 0.260 e. The predicted molar refractivity (Wildman–Crippen MR) is 86.6 cm³/mol. The molecule has 1 amide bonds. The Labute approximate surface area is 129 Å². The molecule has 0 spiro atoms. The minimum atomic E-state index is -0.223. The Morgan fingerprint density at radius 2 is 1.95 bits per heavy atom. The van der Waals surface area contributed by atoms with E-state index < -0.39 is 0 Å². The van der Waals surface area contributed by atoms with E-state index in [1.54, 1.807) is 25.3 Å². The third-order valence-corrected chi connectivity index (χ3v) is 3.81. The minimum absolute atomic E-state index is 0.223. The van der Waals surface area contributed by atoms with Gasteiger partial charge in [-0.25, -0.2) is 4.98 Å². The highest BCUT2D eigenvalue weighted by atomic mass is 16.5. The number of benzene rings is 1. The molecule has 5 heteroatoms. The SMILES string of the molecule is COc1ccccc1C(=O)Nc1ccc(N2CCCC2)cn1. The summed E-state index contributed by atoms with van der Waals surface area (Å²) in [4.78, 5) is 18.9. The van der Waals surface area contributed by atoms with E-state index in [2.05, 4.69) is 15.2 Å². The van der Waals surface area contributed by atoms with Crippen molar-refractivity contribution in [1.82, 2.24) is 4.98 Å². The lowest BCUT2D eigenvalue weighted by Gasteiger charge is -2.17. The van der Waals surface area contributed by atoms with E-state index >= 15 is 0 Å². The Morgan fingerprint density at radius 1 is 1.18 bits per heavy atom. The van der Waals surface area contributed by atoms with E-state index in [4.69, 9.17) is 4.74 Å². The van der Waals surface area contributed by atoms with Crippen molar-refractivity contribution < 1.29 is 9.53 Å². The first-order valence-corrected chi connectivity index (χ1v) is 7.43. The molecule has 1 N–H and O–H groups in total. The third kappa shape index (κ3) is 3.03. The zero-order valence-corrected chi connectivity index (χ0v) is 12.6. The lowest BCUT2D eigenvalue weighted by Crippen LogP contribution is -2.18. The van der Waals surface area contributed by atoms with Crippen molar-refractivity contribution >= 4 is 17.4 Å². The summed E-state index contributed by atoms with van der Waals surface area (Å²) in [5.41, 5.74) is 1.60. The zero-order valence-electron chi connectivity index (χ0n) is 12.6. The molecule has 22 heavy (non-hydrogen) atoms. The van der Waals surface area contributed by atoms with Crippen molar-refractivity contribution in [2.24, 2.45) is 0 Å². The van der Waals surface area contributed by atoms with E-state index in [1.807, 2.05) is 24.4 Å². The summed E-state index contributed by atoms with van der Waals surface area (Å²) in [6.45, 7) is 2.16. The van der Waals surface area contributed by atoms with Gasteiger partial charge in [0.05, 0.1) is 24.6 Å². The maximum absolute atomic E-state index is 12.3. The number of hydrogen-bond acceptors (Lipinski definition) is 4. The number of aromatic nitrogens is 1. The van der Waals surface area contributed by atoms with Crippen LogP contribution in [-0.2, 0) is 0 Å². The average Bonchev–Trinajstić information content (AvgIpc) is 3.10. The van der Waals surface area contributed by atoms with Gasteiger partial charge in [-0.1, -0.05) is 12.1 Å². The lowest BCUT2D eigenvalue weighted by atomic mass is 10.2. The Kier molecular flexibility index (Phi) is 4.23. The van der Waals surface area contributed by atoms with Crippen LogP contribution in [0.15, 0.2) is 42.6 Å². The van der Waals surface area contributed by atoms with Gasteiger partial charge in [-0.15, -0.1) is 0 Å². The summed E-state index contributed by atoms with van der Waals surface area (Å²) in [5.74, 6) is 0.867. The van der Waals surface area contributed by atoms with Gasteiger partial charge in [0.15, 0.2) is 0 Å². The van der Waals surface area contributed by atoms with Crippen molar-refractivity contribution in [2.75, 3.05) is 30.4 Å². The summed E-state index contributed by atoms with van der Waals surface area (Å²) in [5, 5.41) is 2.80.